The molecule has 1 aromatic heterocycles. The van der Waals surface area contributed by atoms with E-state index in [9.17, 15) is 9.59 Å². The molecule has 2 aliphatic rings. The summed E-state index contributed by atoms with van der Waals surface area (Å²) in [5.41, 5.74) is 0.824. The number of hydrogen-bond donors (Lipinski definition) is 0. The van der Waals surface area contributed by atoms with Crippen LogP contribution in [0.5, 0.6) is 0 Å². The molecule has 150 valence electrons. The fourth-order valence-corrected chi connectivity index (χ4v) is 4.18. The van der Waals surface area contributed by atoms with Gasteiger partial charge in [0.05, 0.1) is 11.9 Å². The van der Waals surface area contributed by atoms with E-state index >= 15 is 0 Å². The number of aryl methyl sites for hydroxylation is 1. The number of hydrogen-bond acceptors (Lipinski definition) is 5. The number of piperidine rings is 2. The Balaban J connectivity index is 1.51. The van der Waals surface area contributed by atoms with Crippen molar-refractivity contribution < 1.29 is 9.53 Å². The van der Waals surface area contributed by atoms with Gasteiger partial charge in [-0.3, -0.25) is 9.59 Å². The molecular weight excluding hydrogens is 344 g/mol. The zero-order valence-electron chi connectivity index (χ0n) is 16.6. The molecule has 0 bridgehead atoms. The predicted molar refractivity (Wildman–Crippen MR) is 105 cm³/mol. The first-order valence-corrected chi connectivity index (χ1v) is 10.2. The lowest BCUT2D eigenvalue weighted by atomic mass is 9.92. The number of amides is 1. The fourth-order valence-electron chi connectivity index (χ4n) is 4.18. The first-order valence-electron chi connectivity index (χ1n) is 10.2. The molecule has 2 aliphatic heterocycles. The quantitative estimate of drug-likeness (QED) is 0.757. The summed E-state index contributed by atoms with van der Waals surface area (Å²) in [5, 5.41) is 4.27. The Labute approximate surface area is 161 Å². The van der Waals surface area contributed by atoms with Gasteiger partial charge in [-0.2, -0.15) is 5.10 Å². The molecule has 0 spiro atoms. The van der Waals surface area contributed by atoms with Crippen LogP contribution in [0.3, 0.4) is 0 Å². The highest BCUT2D eigenvalue weighted by molar-refractivity contribution is 5.79. The molecular formula is C20H32N4O3. The van der Waals surface area contributed by atoms with Crippen LogP contribution in [0.4, 0.5) is 5.69 Å². The number of methoxy groups -OCH3 is 1. The standard InChI is InChI=1S/C20H32N4O3/c1-3-8-24-19(25)13-18(14-21-24)22-11-6-17(7-12-22)20(26)23-9-4-16(5-10-23)15-27-2/h13-14,16-17H,3-12,15H2,1-2H3. The Morgan fingerprint density at radius 1 is 1.19 bits per heavy atom. The Morgan fingerprint density at radius 2 is 1.89 bits per heavy atom. The zero-order chi connectivity index (χ0) is 19.2. The minimum absolute atomic E-state index is 0.0496. The minimum atomic E-state index is -0.0496. The van der Waals surface area contributed by atoms with Crippen molar-refractivity contribution >= 4 is 11.6 Å². The summed E-state index contributed by atoms with van der Waals surface area (Å²) in [6, 6.07) is 1.67. The molecule has 0 aromatic carbocycles. The maximum atomic E-state index is 12.8. The van der Waals surface area contributed by atoms with E-state index in [0.717, 1.165) is 70.6 Å². The molecule has 2 fully saturated rings. The van der Waals surface area contributed by atoms with Gasteiger partial charge in [-0.05, 0) is 38.0 Å². The van der Waals surface area contributed by atoms with Crippen LogP contribution >= 0.6 is 0 Å². The Morgan fingerprint density at radius 3 is 2.48 bits per heavy atom. The van der Waals surface area contributed by atoms with E-state index in [-0.39, 0.29) is 11.5 Å². The lowest BCUT2D eigenvalue weighted by molar-refractivity contribution is -0.137. The topological polar surface area (TPSA) is 67.7 Å². The predicted octanol–water partition coefficient (Wildman–Crippen LogP) is 1.75. The molecule has 3 rings (SSSR count). The smallest absolute Gasteiger partial charge is 0.268 e. The Hall–Kier alpha value is -1.89. The van der Waals surface area contributed by atoms with E-state index in [4.69, 9.17) is 4.74 Å². The highest BCUT2D eigenvalue weighted by Gasteiger charge is 2.31. The van der Waals surface area contributed by atoms with E-state index in [0.29, 0.717) is 18.4 Å². The average molecular weight is 377 g/mol. The Kier molecular flexibility index (Phi) is 6.88. The van der Waals surface area contributed by atoms with E-state index in [2.05, 4.69) is 10.00 Å². The van der Waals surface area contributed by atoms with Gasteiger partial charge in [0.25, 0.3) is 5.56 Å². The molecule has 27 heavy (non-hydrogen) atoms. The van der Waals surface area contributed by atoms with Crippen molar-refractivity contribution in [3.05, 3.63) is 22.6 Å². The normalized spacial score (nSPS) is 19.5. The average Bonchev–Trinajstić information content (AvgIpc) is 2.70. The van der Waals surface area contributed by atoms with Crippen LogP contribution in [-0.4, -0.2) is 60.5 Å². The summed E-state index contributed by atoms with van der Waals surface area (Å²) < 4.78 is 6.75. The molecule has 0 unspecified atom stereocenters. The van der Waals surface area contributed by atoms with Crippen molar-refractivity contribution in [2.45, 2.75) is 45.6 Å². The number of anilines is 1. The van der Waals surface area contributed by atoms with Gasteiger partial charge in [-0.1, -0.05) is 6.92 Å². The van der Waals surface area contributed by atoms with Crippen LogP contribution < -0.4 is 10.5 Å². The number of rotatable bonds is 6. The third-order valence-electron chi connectivity index (χ3n) is 5.83. The van der Waals surface area contributed by atoms with Crippen LogP contribution in [0, 0.1) is 11.8 Å². The number of likely N-dealkylation sites (tertiary alicyclic amines) is 1. The molecule has 0 saturated carbocycles. The summed E-state index contributed by atoms with van der Waals surface area (Å²) in [6.45, 7) is 6.79. The van der Waals surface area contributed by atoms with Gasteiger partial charge in [0.2, 0.25) is 5.91 Å². The molecule has 0 N–H and O–H groups in total. The van der Waals surface area contributed by atoms with E-state index < -0.39 is 0 Å². The molecule has 7 nitrogen and oxygen atoms in total. The monoisotopic (exact) mass is 376 g/mol. The highest BCUT2D eigenvalue weighted by atomic mass is 16.5. The summed E-state index contributed by atoms with van der Waals surface area (Å²) >= 11 is 0. The second-order valence-corrected chi connectivity index (χ2v) is 7.76. The number of nitrogens with zero attached hydrogens (tertiary/aromatic N) is 4. The zero-order valence-corrected chi connectivity index (χ0v) is 16.6. The highest BCUT2D eigenvalue weighted by Crippen LogP contribution is 2.26. The van der Waals surface area contributed by atoms with Crippen LogP contribution in [0.25, 0.3) is 0 Å². The van der Waals surface area contributed by atoms with Crippen LogP contribution in [0.2, 0.25) is 0 Å². The van der Waals surface area contributed by atoms with Gasteiger partial charge in [-0.15, -0.1) is 0 Å². The van der Waals surface area contributed by atoms with Gasteiger partial charge >= 0.3 is 0 Å². The van der Waals surface area contributed by atoms with Crippen molar-refractivity contribution in [3.8, 4) is 0 Å². The number of aromatic nitrogens is 2. The molecule has 0 aliphatic carbocycles. The third-order valence-corrected chi connectivity index (χ3v) is 5.83. The van der Waals surface area contributed by atoms with Gasteiger partial charge in [0.1, 0.15) is 0 Å². The summed E-state index contributed by atoms with van der Waals surface area (Å²) in [7, 11) is 1.74. The summed E-state index contributed by atoms with van der Waals surface area (Å²) in [6.07, 6.45) is 6.43. The molecule has 2 saturated heterocycles. The summed E-state index contributed by atoms with van der Waals surface area (Å²) in [5.74, 6) is 0.999. The molecule has 0 atom stereocenters. The number of ether oxygens (including phenoxy) is 1. The van der Waals surface area contributed by atoms with E-state index in [1.54, 1.807) is 19.4 Å². The number of carbonyl (C=O) groups excluding carboxylic acids is 1. The number of carbonyl (C=O) groups is 1. The first kappa shape index (κ1) is 19.9. The van der Waals surface area contributed by atoms with Gasteiger partial charge in [0.15, 0.2) is 0 Å². The fraction of sp³-hybridized carbons (Fsp3) is 0.750. The van der Waals surface area contributed by atoms with Crippen molar-refractivity contribution in [1.29, 1.82) is 0 Å². The van der Waals surface area contributed by atoms with Crippen LogP contribution in [0.1, 0.15) is 39.0 Å². The van der Waals surface area contributed by atoms with Crippen molar-refractivity contribution in [2.75, 3.05) is 44.8 Å². The molecule has 1 amide bonds. The van der Waals surface area contributed by atoms with E-state index in [1.807, 2.05) is 11.8 Å². The van der Waals surface area contributed by atoms with Crippen LogP contribution in [-0.2, 0) is 16.1 Å². The largest absolute Gasteiger partial charge is 0.384 e. The van der Waals surface area contributed by atoms with Crippen molar-refractivity contribution in [1.82, 2.24) is 14.7 Å². The van der Waals surface area contributed by atoms with Crippen LogP contribution in [0.15, 0.2) is 17.1 Å². The van der Waals surface area contributed by atoms with Gasteiger partial charge in [-0.25, -0.2) is 4.68 Å². The van der Waals surface area contributed by atoms with Crippen molar-refractivity contribution in [3.63, 3.8) is 0 Å². The van der Waals surface area contributed by atoms with Gasteiger partial charge < -0.3 is 14.5 Å². The van der Waals surface area contributed by atoms with E-state index in [1.165, 1.54) is 4.68 Å². The molecule has 0 radical (unpaired) electrons. The Bertz CT molecular complexity index is 674. The molecule has 7 heteroatoms. The maximum absolute atomic E-state index is 12.8. The molecule has 1 aromatic rings. The second-order valence-electron chi connectivity index (χ2n) is 7.76. The minimum Gasteiger partial charge on any atom is -0.384 e. The van der Waals surface area contributed by atoms with Crippen molar-refractivity contribution in [2.24, 2.45) is 11.8 Å². The molecule has 3 heterocycles. The lowest BCUT2D eigenvalue weighted by Gasteiger charge is -2.37. The second kappa shape index (κ2) is 9.35. The summed E-state index contributed by atoms with van der Waals surface area (Å²) in [4.78, 5) is 29.2. The lowest BCUT2D eigenvalue weighted by Crippen LogP contribution is -2.46. The SMILES string of the molecule is CCCn1ncc(N2CCC(C(=O)N3CCC(COC)CC3)CC2)cc1=O. The third kappa shape index (κ3) is 4.89. The maximum Gasteiger partial charge on any atom is 0.268 e. The first-order chi connectivity index (χ1) is 13.1. The van der Waals surface area contributed by atoms with Gasteiger partial charge in [0, 0.05) is 58.4 Å².